The van der Waals surface area contributed by atoms with E-state index in [1.165, 1.54) is 6.20 Å². The van der Waals surface area contributed by atoms with E-state index < -0.39 is 23.3 Å². The molecule has 0 saturated heterocycles. The molecule has 0 saturated carbocycles. The van der Waals surface area contributed by atoms with E-state index in [4.69, 9.17) is 10.5 Å². The summed E-state index contributed by atoms with van der Waals surface area (Å²) in [6, 6.07) is 11.0. The molecule has 6 nitrogen and oxygen atoms in total. The van der Waals surface area contributed by atoms with E-state index in [9.17, 15) is 22.8 Å². The Hall–Kier alpha value is -3.88. The van der Waals surface area contributed by atoms with E-state index in [1.807, 2.05) is 0 Å². The monoisotopic (exact) mass is 427 g/mol. The number of anilines is 1. The zero-order chi connectivity index (χ0) is 22.3. The Morgan fingerprint density at radius 3 is 2.58 bits per heavy atom. The largest absolute Gasteiger partial charge is 0.462 e. The number of aromatic nitrogens is 2. The standard InChI is InChI=1S/C22H16F3N3O3/c1-2-31-21(30)17-14-9-8-13(22(23,24)25)11-15(14)20(29)28(19(17)26)16-7-3-5-12-6-4-10-27-18(12)16/h3-11H,2,26H2,1H3. The number of pyridine rings is 2. The van der Waals surface area contributed by atoms with Crippen LogP contribution in [0.25, 0.3) is 27.4 Å². The van der Waals surface area contributed by atoms with Crippen molar-refractivity contribution in [3.05, 3.63) is 76.2 Å². The van der Waals surface area contributed by atoms with Gasteiger partial charge >= 0.3 is 12.1 Å². The van der Waals surface area contributed by atoms with Crippen molar-refractivity contribution >= 4 is 33.5 Å². The lowest BCUT2D eigenvalue weighted by Crippen LogP contribution is -2.26. The van der Waals surface area contributed by atoms with Gasteiger partial charge in [-0.3, -0.25) is 14.3 Å². The third-order valence-electron chi connectivity index (χ3n) is 4.88. The molecular weight excluding hydrogens is 411 g/mol. The van der Waals surface area contributed by atoms with E-state index in [1.54, 1.807) is 37.3 Å². The van der Waals surface area contributed by atoms with Crippen LogP contribution in [0.1, 0.15) is 22.8 Å². The molecule has 2 heterocycles. The summed E-state index contributed by atoms with van der Waals surface area (Å²) in [4.78, 5) is 30.3. The molecule has 158 valence electrons. The van der Waals surface area contributed by atoms with Gasteiger partial charge in [0.05, 0.1) is 23.4 Å². The first-order valence-electron chi connectivity index (χ1n) is 9.30. The fourth-order valence-electron chi connectivity index (χ4n) is 3.52. The number of rotatable bonds is 3. The molecule has 2 aromatic carbocycles. The lowest BCUT2D eigenvalue weighted by molar-refractivity contribution is -0.137. The van der Waals surface area contributed by atoms with E-state index in [0.29, 0.717) is 10.9 Å². The number of para-hydroxylation sites is 1. The van der Waals surface area contributed by atoms with Crippen LogP contribution in [0.4, 0.5) is 19.0 Å². The molecule has 0 unspecified atom stereocenters. The smallest absolute Gasteiger partial charge is 0.416 e. The summed E-state index contributed by atoms with van der Waals surface area (Å²) in [7, 11) is 0. The van der Waals surface area contributed by atoms with Crippen LogP contribution in [0.5, 0.6) is 0 Å². The summed E-state index contributed by atoms with van der Waals surface area (Å²) < 4.78 is 46.0. The Morgan fingerprint density at radius 1 is 1.13 bits per heavy atom. The zero-order valence-electron chi connectivity index (χ0n) is 16.2. The maximum Gasteiger partial charge on any atom is 0.416 e. The summed E-state index contributed by atoms with van der Waals surface area (Å²) >= 11 is 0. The van der Waals surface area contributed by atoms with Crippen LogP contribution in [0.15, 0.2) is 59.5 Å². The second-order valence-electron chi connectivity index (χ2n) is 6.73. The Balaban J connectivity index is 2.17. The molecular formula is C22H16F3N3O3. The summed E-state index contributed by atoms with van der Waals surface area (Å²) in [6.07, 6.45) is -3.15. The number of nitrogens with two attached hydrogens (primary N) is 1. The van der Waals surface area contributed by atoms with Crippen molar-refractivity contribution in [1.82, 2.24) is 9.55 Å². The average molecular weight is 427 g/mol. The van der Waals surface area contributed by atoms with Gasteiger partial charge in [0.15, 0.2) is 0 Å². The third kappa shape index (κ3) is 3.37. The number of esters is 1. The minimum atomic E-state index is -4.67. The number of alkyl halides is 3. The van der Waals surface area contributed by atoms with Gasteiger partial charge in [0.1, 0.15) is 11.4 Å². The lowest BCUT2D eigenvalue weighted by atomic mass is 10.0. The van der Waals surface area contributed by atoms with Crippen LogP contribution in [-0.2, 0) is 10.9 Å². The van der Waals surface area contributed by atoms with Crippen molar-refractivity contribution in [2.75, 3.05) is 12.3 Å². The maximum atomic E-state index is 13.3. The molecule has 0 aliphatic carbocycles. The Kier molecular flexibility index (Phi) is 4.88. The normalized spacial score (nSPS) is 11.7. The van der Waals surface area contributed by atoms with Crippen molar-refractivity contribution in [3.63, 3.8) is 0 Å². The second-order valence-corrected chi connectivity index (χ2v) is 6.73. The van der Waals surface area contributed by atoms with Gasteiger partial charge in [-0.2, -0.15) is 13.2 Å². The number of carbonyl (C=O) groups excluding carboxylic acids is 1. The van der Waals surface area contributed by atoms with Crippen LogP contribution in [0.3, 0.4) is 0 Å². The molecule has 0 aliphatic rings. The molecule has 0 aliphatic heterocycles. The van der Waals surface area contributed by atoms with Gasteiger partial charge < -0.3 is 10.5 Å². The SMILES string of the molecule is CCOC(=O)c1c(N)n(-c2cccc3cccnc23)c(=O)c2cc(C(F)(F)F)ccc12. The summed E-state index contributed by atoms with van der Waals surface area (Å²) in [5.41, 5.74) is 4.89. The second kappa shape index (κ2) is 7.42. The minimum Gasteiger partial charge on any atom is -0.462 e. The maximum absolute atomic E-state index is 13.3. The third-order valence-corrected chi connectivity index (χ3v) is 4.88. The Morgan fingerprint density at radius 2 is 1.87 bits per heavy atom. The molecule has 2 N–H and O–H groups in total. The summed E-state index contributed by atoms with van der Waals surface area (Å²) in [5.74, 6) is -1.08. The average Bonchev–Trinajstić information content (AvgIpc) is 2.73. The molecule has 0 bridgehead atoms. The first kappa shape index (κ1) is 20.4. The first-order chi connectivity index (χ1) is 14.7. The molecule has 31 heavy (non-hydrogen) atoms. The molecule has 4 aromatic rings. The van der Waals surface area contributed by atoms with Crippen LogP contribution in [0, 0.1) is 0 Å². The van der Waals surface area contributed by atoms with Crippen LogP contribution in [-0.4, -0.2) is 22.1 Å². The summed E-state index contributed by atoms with van der Waals surface area (Å²) in [6.45, 7) is 1.61. The minimum absolute atomic E-state index is 0.0154. The van der Waals surface area contributed by atoms with Gasteiger partial charge in [-0.1, -0.05) is 24.3 Å². The van der Waals surface area contributed by atoms with Gasteiger partial charge in [-0.25, -0.2) is 4.79 Å². The molecule has 4 rings (SSSR count). The number of nitrogens with zero attached hydrogens (tertiary/aromatic N) is 2. The molecule has 0 spiro atoms. The van der Waals surface area contributed by atoms with Gasteiger partial charge in [0.25, 0.3) is 5.56 Å². The van der Waals surface area contributed by atoms with E-state index in [2.05, 4.69) is 4.98 Å². The van der Waals surface area contributed by atoms with E-state index in [-0.39, 0.29) is 34.4 Å². The predicted molar refractivity (Wildman–Crippen MR) is 110 cm³/mol. The van der Waals surface area contributed by atoms with Crippen LogP contribution in [0.2, 0.25) is 0 Å². The molecule has 0 fully saturated rings. The molecule has 0 atom stereocenters. The zero-order valence-corrected chi connectivity index (χ0v) is 16.2. The number of nitrogen functional groups attached to an aromatic ring is 1. The quantitative estimate of drug-likeness (QED) is 0.492. The number of hydrogen-bond donors (Lipinski definition) is 1. The molecule has 2 aromatic heterocycles. The highest BCUT2D eigenvalue weighted by atomic mass is 19.4. The van der Waals surface area contributed by atoms with Crippen LogP contribution >= 0.6 is 0 Å². The van der Waals surface area contributed by atoms with Gasteiger partial charge in [-0.15, -0.1) is 0 Å². The number of fused-ring (bicyclic) bond motifs is 2. The fraction of sp³-hybridized carbons (Fsp3) is 0.136. The van der Waals surface area contributed by atoms with Crippen LogP contribution < -0.4 is 11.3 Å². The highest BCUT2D eigenvalue weighted by Gasteiger charge is 2.32. The summed E-state index contributed by atoms with van der Waals surface area (Å²) in [5, 5.41) is 0.367. The number of benzene rings is 2. The van der Waals surface area contributed by atoms with E-state index >= 15 is 0 Å². The molecule has 0 amide bonds. The highest BCUT2D eigenvalue weighted by Crippen LogP contribution is 2.33. The topological polar surface area (TPSA) is 87.2 Å². The van der Waals surface area contributed by atoms with Crippen molar-refractivity contribution in [1.29, 1.82) is 0 Å². The van der Waals surface area contributed by atoms with Crippen molar-refractivity contribution in [3.8, 4) is 5.69 Å². The Labute approximate surface area is 173 Å². The highest BCUT2D eigenvalue weighted by molar-refractivity contribution is 6.08. The molecule has 9 heteroatoms. The predicted octanol–water partition coefficient (Wildman–Crippen LogP) is 4.32. The van der Waals surface area contributed by atoms with Gasteiger partial charge in [-0.05, 0) is 31.2 Å². The number of halogens is 3. The van der Waals surface area contributed by atoms with E-state index in [0.717, 1.165) is 22.8 Å². The fourth-order valence-corrected chi connectivity index (χ4v) is 3.52. The number of carbonyl (C=O) groups is 1. The molecule has 0 radical (unpaired) electrons. The number of hydrogen-bond acceptors (Lipinski definition) is 5. The lowest BCUT2D eigenvalue weighted by Gasteiger charge is -2.18. The van der Waals surface area contributed by atoms with Gasteiger partial charge in [0, 0.05) is 22.4 Å². The van der Waals surface area contributed by atoms with Crippen molar-refractivity contribution in [2.45, 2.75) is 13.1 Å². The number of ether oxygens (including phenoxy) is 1. The first-order valence-corrected chi connectivity index (χ1v) is 9.30. The van der Waals surface area contributed by atoms with Crippen molar-refractivity contribution in [2.24, 2.45) is 0 Å². The Bertz CT molecular complexity index is 1390. The van der Waals surface area contributed by atoms with Crippen molar-refractivity contribution < 1.29 is 22.7 Å². The van der Waals surface area contributed by atoms with Gasteiger partial charge in [0.2, 0.25) is 0 Å².